The summed E-state index contributed by atoms with van der Waals surface area (Å²) in [7, 11) is 0. The van der Waals surface area contributed by atoms with Gasteiger partial charge in [-0.1, -0.05) is 0 Å². The summed E-state index contributed by atoms with van der Waals surface area (Å²) >= 11 is 2.07. The van der Waals surface area contributed by atoms with Gasteiger partial charge >= 0.3 is 83.9 Å². The first kappa shape index (κ1) is 11.5. The van der Waals surface area contributed by atoms with Crippen LogP contribution in [0.15, 0.2) is 11.6 Å². The van der Waals surface area contributed by atoms with Crippen molar-refractivity contribution >= 4 is 21.7 Å². The quantitative estimate of drug-likeness (QED) is 0.415. The third-order valence-electron chi connectivity index (χ3n) is 1.78. The molecule has 0 amide bonds. The number of rotatable bonds is 6. The monoisotopic (exact) mass is 163 g/mol. The minimum absolute atomic E-state index is 1.29. The van der Waals surface area contributed by atoms with Gasteiger partial charge in [0.05, 0.1) is 0 Å². The van der Waals surface area contributed by atoms with E-state index in [1.165, 1.54) is 36.7 Å². The molecule has 0 aliphatic rings. The standard InChI is InChI=1S/C10H19.Mg/c1-4-7-10(8-5-2)9-6-3;/h7H,1,4-6,8-9H2,2-3H3;/q;+1. The van der Waals surface area contributed by atoms with Gasteiger partial charge in [0.1, 0.15) is 0 Å². The van der Waals surface area contributed by atoms with Gasteiger partial charge in [-0.3, -0.25) is 0 Å². The zero-order chi connectivity index (χ0) is 8.53. The maximum absolute atomic E-state index is 2.44. The Morgan fingerprint density at radius 3 is 2.09 bits per heavy atom. The van der Waals surface area contributed by atoms with Crippen LogP contribution < -0.4 is 0 Å². The number of hydrogen-bond donors (Lipinski definition) is 0. The summed E-state index contributed by atoms with van der Waals surface area (Å²) in [6, 6.07) is 0. The molecule has 60 valence electrons. The first-order chi connectivity index (χ1) is 5.35. The van der Waals surface area contributed by atoms with Gasteiger partial charge in [-0.2, -0.15) is 0 Å². The summed E-state index contributed by atoms with van der Waals surface area (Å²) in [4.78, 5) is 0. The van der Waals surface area contributed by atoms with Gasteiger partial charge in [0.15, 0.2) is 0 Å². The fourth-order valence-corrected chi connectivity index (χ4v) is 1.48. The Kier molecular flexibility index (Phi) is 9.00. The summed E-state index contributed by atoms with van der Waals surface area (Å²) < 4.78 is 1.32. The maximum atomic E-state index is 2.44. The van der Waals surface area contributed by atoms with E-state index in [4.69, 9.17) is 0 Å². The van der Waals surface area contributed by atoms with Gasteiger partial charge in [-0.15, -0.1) is 0 Å². The van der Waals surface area contributed by atoms with Gasteiger partial charge in [0.25, 0.3) is 0 Å². The van der Waals surface area contributed by atoms with E-state index in [0.29, 0.717) is 0 Å². The molecule has 0 radical (unpaired) electrons. The van der Waals surface area contributed by atoms with Crippen LogP contribution in [-0.2, 0) is 0 Å². The van der Waals surface area contributed by atoms with Crippen LogP contribution in [0.4, 0.5) is 0 Å². The molecule has 1 heteroatoms. The van der Waals surface area contributed by atoms with E-state index < -0.39 is 0 Å². The van der Waals surface area contributed by atoms with Crippen molar-refractivity contribution in [1.82, 2.24) is 0 Å². The van der Waals surface area contributed by atoms with Gasteiger partial charge in [-0.25, -0.2) is 0 Å². The van der Waals surface area contributed by atoms with E-state index in [1.807, 2.05) is 0 Å². The van der Waals surface area contributed by atoms with Gasteiger partial charge in [-0.05, 0) is 0 Å². The van der Waals surface area contributed by atoms with Crippen LogP contribution in [0.2, 0.25) is 4.55 Å². The van der Waals surface area contributed by atoms with E-state index in [0.717, 1.165) is 0 Å². The van der Waals surface area contributed by atoms with Crippen molar-refractivity contribution in [3.05, 3.63) is 11.6 Å². The molecule has 0 unspecified atom stereocenters. The van der Waals surface area contributed by atoms with Crippen LogP contribution in [0.3, 0.4) is 0 Å². The van der Waals surface area contributed by atoms with Crippen LogP contribution in [0.5, 0.6) is 0 Å². The summed E-state index contributed by atoms with van der Waals surface area (Å²) in [6.07, 6.45) is 8.97. The predicted molar refractivity (Wildman–Crippen MR) is 53.1 cm³/mol. The average molecular weight is 164 g/mol. The Morgan fingerprint density at radius 2 is 1.73 bits per heavy atom. The zero-order valence-corrected chi connectivity index (χ0v) is 9.44. The SMILES string of the molecule is CCCC(=CC[CH2][Mg+])CCC. The van der Waals surface area contributed by atoms with Crippen molar-refractivity contribution in [2.45, 2.75) is 50.5 Å². The summed E-state index contributed by atoms with van der Waals surface area (Å²) in [5.41, 5.74) is 1.68. The third-order valence-corrected chi connectivity index (χ3v) is 2.19. The molecular weight excluding hydrogens is 144 g/mol. The molecule has 0 aromatic heterocycles. The summed E-state index contributed by atoms with van der Waals surface area (Å²) in [5.74, 6) is 0. The fourth-order valence-electron chi connectivity index (χ4n) is 1.28. The zero-order valence-electron chi connectivity index (χ0n) is 8.03. The topological polar surface area (TPSA) is 0 Å². The molecule has 0 nitrogen and oxygen atoms in total. The predicted octanol–water partition coefficient (Wildman–Crippen LogP) is 3.49. The Bertz CT molecular complexity index is 97.4. The molecule has 0 atom stereocenters. The van der Waals surface area contributed by atoms with Crippen molar-refractivity contribution in [1.29, 1.82) is 0 Å². The van der Waals surface area contributed by atoms with Gasteiger partial charge in [0.2, 0.25) is 0 Å². The first-order valence-corrected chi connectivity index (χ1v) is 5.82. The molecule has 0 N–H and O–H groups in total. The molecule has 0 aliphatic heterocycles. The normalized spacial score (nSPS) is 9.82. The molecule has 0 spiro atoms. The van der Waals surface area contributed by atoms with Gasteiger partial charge in [0, 0.05) is 0 Å². The molecular formula is C10H19Mg+. The molecule has 0 aliphatic carbocycles. The second-order valence-corrected chi connectivity index (χ2v) is 3.71. The van der Waals surface area contributed by atoms with Gasteiger partial charge < -0.3 is 0 Å². The van der Waals surface area contributed by atoms with Crippen LogP contribution in [0.1, 0.15) is 46.0 Å². The van der Waals surface area contributed by atoms with Crippen LogP contribution in [-0.4, -0.2) is 21.7 Å². The first-order valence-electron chi connectivity index (χ1n) is 4.82. The summed E-state index contributed by atoms with van der Waals surface area (Å²) in [6.45, 7) is 4.52. The molecule has 0 aromatic carbocycles. The third kappa shape index (κ3) is 6.89. The van der Waals surface area contributed by atoms with Crippen LogP contribution >= 0.6 is 0 Å². The average Bonchev–Trinajstić information content (AvgIpc) is 2.01. The Morgan fingerprint density at radius 1 is 1.18 bits per heavy atom. The second-order valence-electron chi connectivity index (χ2n) is 3.00. The van der Waals surface area contributed by atoms with Crippen molar-refractivity contribution in [2.75, 3.05) is 0 Å². The Labute approximate surface area is 83.9 Å². The summed E-state index contributed by atoms with van der Waals surface area (Å²) in [5, 5.41) is 0. The van der Waals surface area contributed by atoms with Crippen molar-refractivity contribution in [2.24, 2.45) is 0 Å². The van der Waals surface area contributed by atoms with Crippen LogP contribution in [0.25, 0.3) is 0 Å². The minimum atomic E-state index is 1.29. The Balaban J connectivity index is 3.66. The van der Waals surface area contributed by atoms with E-state index in [-0.39, 0.29) is 0 Å². The molecule has 0 saturated heterocycles. The van der Waals surface area contributed by atoms with Crippen LogP contribution in [0, 0.1) is 0 Å². The molecule has 0 bridgehead atoms. The molecule has 0 aromatic rings. The number of allylic oxidation sites excluding steroid dienone is 2. The van der Waals surface area contributed by atoms with E-state index >= 15 is 0 Å². The van der Waals surface area contributed by atoms with Crippen molar-refractivity contribution in [3.8, 4) is 0 Å². The number of hydrogen-bond acceptors (Lipinski definition) is 0. The van der Waals surface area contributed by atoms with E-state index in [1.54, 1.807) is 5.57 Å². The van der Waals surface area contributed by atoms with E-state index in [2.05, 4.69) is 41.6 Å². The molecule has 0 rings (SSSR count). The van der Waals surface area contributed by atoms with Crippen molar-refractivity contribution in [3.63, 3.8) is 0 Å². The molecule has 11 heavy (non-hydrogen) atoms. The fraction of sp³-hybridized carbons (Fsp3) is 0.800. The van der Waals surface area contributed by atoms with Crippen molar-refractivity contribution < 1.29 is 0 Å². The molecule has 0 fully saturated rings. The molecule has 0 heterocycles. The van der Waals surface area contributed by atoms with E-state index in [9.17, 15) is 0 Å². The molecule has 0 saturated carbocycles. The Hall–Kier alpha value is 0.506. The second kappa shape index (κ2) is 8.60.